The summed E-state index contributed by atoms with van der Waals surface area (Å²) in [5.41, 5.74) is -2.18. The Balaban J connectivity index is 2.09. The minimum atomic E-state index is -5.16. The molecule has 0 N–H and O–H groups in total. The molecule has 0 radical (unpaired) electrons. The molecule has 7 nitrogen and oxygen atoms in total. The van der Waals surface area contributed by atoms with E-state index in [9.17, 15) is 26.3 Å². The number of halogens is 6. The van der Waals surface area contributed by atoms with Crippen molar-refractivity contribution in [3.8, 4) is 11.6 Å². The number of rotatable bonds is 1. The van der Waals surface area contributed by atoms with E-state index in [0.29, 0.717) is 0 Å². The summed E-state index contributed by atoms with van der Waals surface area (Å²) in [5, 5.41) is 6.42. The van der Waals surface area contributed by atoms with E-state index in [1.165, 1.54) is 6.07 Å². The number of hydrogen-bond acceptors (Lipinski definition) is 6. The Morgan fingerprint density at radius 2 is 1.69 bits per heavy atom. The van der Waals surface area contributed by atoms with Crippen molar-refractivity contribution in [2.24, 2.45) is 0 Å². The third-order valence-electron chi connectivity index (χ3n) is 3.39. The lowest BCUT2D eigenvalue weighted by molar-refractivity contribution is -0.151. The van der Waals surface area contributed by atoms with E-state index >= 15 is 0 Å². The van der Waals surface area contributed by atoms with Crippen molar-refractivity contribution >= 4 is 16.7 Å². The smallest absolute Gasteiger partial charge is 0.422 e. The van der Waals surface area contributed by atoms with Crippen LogP contribution in [0.15, 0.2) is 29.1 Å². The summed E-state index contributed by atoms with van der Waals surface area (Å²) in [4.78, 5) is 9.97. The average molecular weight is 374 g/mol. The van der Waals surface area contributed by atoms with Crippen LogP contribution < -0.4 is 0 Å². The summed E-state index contributed by atoms with van der Waals surface area (Å²) in [6, 6.07) is 2.15. The van der Waals surface area contributed by atoms with E-state index in [0.717, 1.165) is 23.1 Å². The number of nitrogens with zero attached hydrogens (tertiary/aromatic N) is 6. The lowest BCUT2D eigenvalue weighted by Crippen LogP contribution is -2.18. The first-order valence-corrected chi connectivity index (χ1v) is 6.75. The van der Waals surface area contributed by atoms with Crippen LogP contribution in [0.4, 0.5) is 26.3 Å². The molecule has 0 aliphatic rings. The van der Waals surface area contributed by atoms with E-state index in [1.54, 1.807) is 0 Å². The molecule has 134 valence electrons. The third kappa shape index (κ3) is 2.51. The van der Waals surface area contributed by atoms with Gasteiger partial charge in [-0.1, -0.05) is 0 Å². The predicted molar refractivity (Wildman–Crippen MR) is 71.6 cm³/mol. The first kappa shape index (κ1) is 16.2. The molecule has 0 aliphatic heterocycles. The van der Waals surface area contributed by atoms with Gasteiger partial charge in [0.15, 0.2) is 5.69 Å². The van der Waals surface area contributed by atoms with Gasteiger partial charge in [-0.2, -0.15) is 26.3 Å². The predicted octanol–water partition coefficient (Wildman–Crippen LogP) is 3.37. The van der Waals surface area contributed by atoms with Crippen LogP contribution in [-0.2, 0) is 12.4 Å². The van der Waals surface area contributed by atoms with E-state index in [2.05, 4.69) is 25.1 Å². The quantitative estimate of drug-likeness (QED) is 0.475. The maximum absolute atomic E-state index is 13.2. The Labute approximate surface area is 138 Å². The molecule has 0 bridgehead atoms. The van der Waals surface area contributed by atoms with Gasteiger partial charge in [0.1, 0.15) is 17.0 Å². The molecule has 0 aromatic carbocycles. The molecule has 4 aromatic rings. The fraction of sp³-hybridized carbons (Fsp3) is 0.154. The number of imidazole rings is 1. The van der Waals surface area contributed by atoms with Gasteiger partial charge in [-0.05, 0) is 12.1 Å². The molecule has 26 heavy (non-hydrogen) atoms. The van der Waals surface area contributed by atoms with Gasteiger partial charge >= 0.3 is 12.4 Å². The van der Waals surface area contributed by atoms with Crippen LogP contribution in [0.2, 0.25) is 0 Å². The van der Waals surface area contributed by atoms with Crippen LogP contribution in [0.25, 0.3) is 28.3 Å². The Kier molecular flexibility index (Phi) is 3.20. The zero-order chi connectivity index (χ0) is 18.7. The normalized spacial score (nSPS) is 13.0. The Hall–Kier alpha value is -3.25. The van der Waals surface area contributed by atoms with Crippen molar-refractivity contribution in [3.05, 3.63) is 36.2 Å². The molecule has 4 heterocycles. The number of aromatic nitrogens is 6. The summed E-state index contributed by atoms with van der Waals surface area (Å²) in [6.45, 7) is 0. The molecule has 13 heteroatoms. The fourth-order valence-corrected chi connectivity index (χ4v) is 2.36. The van der Waals surface area contributed by atoms with Gasteiger partial charge in [0.05, 0.1) is 0 Å². The second-order valence-corrected chi connectivity index (χ2v) is 5.06. The van der Waals surface area contributed by atoms with Gasteiger partial charge < -0.3 is 4.42 Å². The highest BCUT2D eigenvalue weighted by molar-refractivity contribution is 5.82. The van der Waals surface area contributed by atoms with Crippen LogP contribution in [0.3, 0.4) is 0 Å². The Bertz CT molecular complexity index is 1110. The first-order chi connectivity index (χ1) is 12.1. The second kappa shape index (κ2) is 5.12. The zero-order valence-corrected chi connectivity index (χ0v) is 12.2. The molecule has 0 spiro atoms. The minimum Gasteiger partial charge on any atom is -0.422 e. The molecule has 0 saturated heterocycles. The molecular weight excluding hydrogens is 370 g/mol. The van der Waals surface area contributed by atoms with E-state index in [-0.39, 0.29) is 17.2 Å². The minimum absolute atomic E-state index is 0.0469. The molecule has 0 atom stereocenters. The lowest BCUT2D eigenvalue weighted by Gasteiger charge is -2.13. The highest BCUT2D eigenvalue weighted by Gasteiger charge is 2.41. The van der Waals surface area contributed by atoms with Gasteiger partial charge in [-0.25, -0.2) is 15.0 Å². The van der Waals surface area contributed by atoms with Crippen LogP contribution in [0, 0.1) is 0 Å². The molecular formula is C13H4F6N6O. The maximum atomic E-state index is 13.2. The van der Waals surface area contributed by atoms with E-state index in [4.69, 9.17) is 4.42 Å². The average Bonchev–Trinajstić information content (AvgIpc) is 3.20. The SMILES string of the molecule is FC(F)(F)c1nc(C(F)(F)F)c2ccc3nc(-c4nnco4)cn3c2n1. The number of hydrogen-bond donors (Lipinski definition) is 0. The monoisotopic (exact) mass is 374 g/mol. The molecule has 0 saturated carbocycles. The number of fused-ring (bicyclic) bond motifs is 3. The van der Waals surface area contributed by atoms with Crippen molar-refractivity contribution in [3.63, 3.8) is 0 Å². The van der Waals surface area contributed by atoms with Crippen molar-refractivity contribution in [1.29, 1.82) is 0 Å². The van der Waals surface area contributed by atoms with Crippen LogP contribution in [0.1, 0.15) is 11.5 Å². The maximum Gasteiger partial charge on any atom is 0.451 e. The van der Waals surface area contributed by atoms with Crippen molar-refractivity contribution in [1.82, 2.24) is 29.5 Å². The van der Waals surface area contributed by atoms with Crippen molar-refractivity contribution < 1.29 is 30.8 Å². The molecule has 4 rings (SSSR count). The van der Waals surface area contributed by atoms with E-state index < -0.39 is 34.9 Å². The molecule has 0 unspecified atom stereocenters. The largest absolute Gasteiger partial charge is 0.451 e. The van der Waals surface area contributed by atoms with Crippen LogP contribution in [-0.4, -0.2) is 29.5 Å². The Morgan fingerprint density at radius 3 is 2.31 bits per heavy atom. The van der Waals surface area contributed by atoms with Gasteiger partial charge in [0.2, 0.25) is 12.2 Å². The lowest BCUT2D eigenvalue weighted by atomic mass is 10.2. The highest BCUT2D eigenvalue weighted by atomic mass is 19.4. The van der Waals surface area contributed by atoms with Gasteiger partial charge in [-0.3, -0.25) is 4.40 Å². The molecule has 0 fully saturated rings. The summed E-state index contributed by atoms with van der Waals surface area (Å²) >= 11 is 0. The van der Waals surface area contributed by atoms with Crippen molar-refractivity contribution in [2.45, 2.75) is 12.4 Å². The third-order valence-corrected chi connectivity index (χ3v) is 3.39. The zero-order valence-electron chi connectivity index (χ0n) is 12.2. The molecule has 4 aromatic heterocycles. The van der Waals surface area contributed by atoms with Crippen molar-refractivity contribution in [2.75, 3.05) is 0 Å². The highest BCUT2D eigenvalue weighted by Crippen LogP contribution is 2.36. The van der Waals surface area contributed by atoms with Gasteiger partial charge in [-0.15, -0.1) is 10.2 Å². The molecule has 0 amide bonds. The topological polar surface area (TPSA) is 82.0 Å². The standard InChI is InChI=1S/C13H4F6N6O/c14-12(15,16)8-5-1-2-7-21-6(10-24-20-4-26-10)3-25(7)9(5)23-11(22-8)13(17,18)19/h1-4H. The first-order valence-electron chi connectivity index (χ1n) is 6.75. The van der Waals surface area contributed by atoms with E-state index in [1.807, 2.05) is 0 Å². The second-order valence-electron chi connectivity index (χ2n) is 5.06. The number of alkyl halides is 6. The summed E-state index contributed by atoms with van der Waals surface area (Å²) in [6.07, 6.45) is -8.11. The summed E-state index contributed by atoms with van der Waals surface area (Å²) in [5.74, 6) is -1.96. The Morgan fingerprint density at radius 1 is 0.923 bits per heavy atom. The van der Waals surface area contributed by atoms with Gasteiger partial charge in [0.25, 0.3) is 5.89 Å². The van der Waals surface area contributed by atoms with Gasteiger partial charge in [0, 0.05) is 11.6 Å². The van der Waals surface area contributed by atoms with Crippen LogP contribution >= 0.6 is 0 Å². The summed E-state index contributed by atoms with van der Waals surface area (Å²) in [7, 11) is 0. The van der Waals surface area contributed by atoms with Crippen LogP contribution in [0.5, 0.6) is 0 Å². The summed E-state index contributed by atoms with van der Waals surface area (Å²) < 4.78 is 84.4. The fourth-order valence-electron chi connectivity index (χ4n) is 2.36. The number of pyridine rings is 1. The molecule has 0 aliphatic carbocycles.